The number of anilines is 1. The zero-order valence-corrected chi connectivity index (χ0v) is 13.7. The third-order valence-corrected chi connectivity index (χ3v) is 5.47. The molecule has 1 aromatic rings. The van der Waals surface area contributed by atoms with Crippen molar-refractivity contribution in [3.05, 3.63) is 23.8 Å². The SMILES string of the molecule is COc1c(C=O)cccc1NS(=O)(=O)CCC1CCCCC1. The molecule has 1 aliphatic rings. The number of ether oxygens (including phenoxy) is 1. The minimum atomic E-state index is -3.44. The summed E-state index contributed by atoms with van der Waals surface area (Å²) in [6, 6.07) is 4.82. The van der Waals surface area contributed by atoms with E-state index in [-0.39, 0.29) is 11.5 Å². The molecule has 122 valence electrons. The molecule has 0 saturated heterocycles. The number of para-hydroxylation sites is 1. The molecule has 0 aromatic heterocycles. The molecule has 1 saturated carbocycles. The smallest absolute Gasteiger partial charge is 0.232 e. The minimum Gasteiger partial charge on any atom is -0.494 e. The van der Waals surface area contributed by atoms with Gasteiger partial charge in [-0.05, 0) is 24.5 Å². The summed E-state index contributed by atoms with van der Waals surface area (Å²) in [4.78, 5) is 11.0. The van der Waals surface area contributed by atoms with E-state index in [2.05, 4.69) is 4.72 Å². The van der Waals surface area contributed by atoms with E-state index in [0.29, 0.717) is 29.9 Å². The summed E-state index contributed by atoms with van der Waals surface area (Å²) in [7, 11) is -2.02. The van der Waals surface area contributed by atoms with E-state index in [4.69, 9.17) is 4.74 Å². The molecule has 0 atom stereocenters. The Hall–Kier alpha value is -1.56. The number of hydrogen-bond donors (Lipinski definition) is 1. The number of methoxy groups -OCH3 is 1. The number of sulfonamides is 1. The number of benzene rings is 1. The van der Waals surface area contributed by atoms with Gasteiger partial charge in [-0.25, -0.2) is 8.42 Å². The van der Waals surface area contributed by atoms with Crippen LogP contribution < -0.4 is 9.46 Å². The van der Waals surface area contributed by atoms with Crippen molar-refractivity contribution in [3.63, 3.8) is 0 Å². The maximum absolute atomic E-state index is 12.3. The van der Waals surface area contributed by atoms with Crippen LogP contribution in [-0.4, -0.2) is 27.6 Å². The number of rotatable bonds is 7. The summed E-state index contributed by atoms with van der Waals surface area (Å²) in [6.07, 6.45) is 7.25. The lowest BCUT2D eigenvalue weighted by Gasteiger charge is -2.21. The molecule has 22 heavy (non-hydrogen) atoms. The summed E-state index contributed by atoms with van der Waals surface area (Å²) >= 11 is 0. The van der Waals surface area contributed by atoms with Crippen LogP contribution in [0.5, 0.6) is 5.75 Å². The molecule has 1 aliphatic carbocycles. The Morgan fingerprint density at radius 3 is 2.64 bits per heavy atom. The topological polar surface area (TPSA) is 72.5 Å². The van der Waals surface area contributed by atoms with Crippen molar-refractivity contribution in [1.82, 2.24) is 0 Å². The van der Waals surface area contributed by atoms with Gasteiger partial charge in [0.2, 0.25) is 10.0 Å². The predicted molar refractivity (Wildman–Crippen MR) is 87.0 cm³/mol. The lowest BCUT2D eigenvalue weighted by molar-refractivity contribution is 0.112. The maximum Gasteiger partial charge on any atom is 0.232 e. The molecular formula is C16H23NO4S. The first-order chi connectivity index (χ1) is 10.6. The van der Waals surface area contributed by atoms with Crippen LogP contribution in [0.15, 0.2) is 18.2 Å². The second-order valence-corrected chi connectivity index (χ2v) is 7.60. The number of aldehydes is 1. The van der Waals surface area contributed by atoms with Crippen molar-refractivity contribution in [2.75, 3.05) is 17.6 Å². The third kappa shape index (κ3) is 4.47. The molecule has 1 aromatic carbocycles. The highest BCUT2D eigenvalue weighted by Crippen LogP contribution is 2.30. The van der Waals surface area contributed by atoms with Crippen molar-refractivity contribution in [1.29, 1.82) is 0 Å². The molecule has 0 radical (unpaired) electrons. The monoisotopic (exact) mass is 325 g/mol. The van der Waals surface area contributed by atoms with Crippen LogP contribution in [0.3, 0.4) is 0 Å². The van der Waals surface area contributed by atoms with Gasteiger partial charge in [-0.15, -0.1) is 0 Å². The summed E-state index contributed by atoms with van der Waals surface area (Å²) < 4.78 is 32.2. The highest BCUT2D eigenvalue weighted by Gasteiger charge is 2.19. The van der Waals surface area contributed by atoms with Crippen LogP contribution in [0.1, 0.15) is 48.9 Å². The third-order valence-electron chi connectivity index (χ3n) is 4.16. The Bertz CT molecular complexity index is 607. The largest absolute Gasteiger partial charge is 0.494 e. The van der Waals surface area contributed by atoms with E-state index in [0.717, 1.165) is 12.8 Å². The fourth-order valence-corrected chi connectivity index (χ4v) is 4.21. The summed E-state index contributed by atoms with van der Waals surface area (Å²) in [5, 5.41) is 0. The Morgan fingerprint density at radius 2 is 2.00 bits per heavy atom. The van der Waals surface area contributed by atoms with Gasteiger partial charge >= 0.3 is 0 Å². The van der Waals surface area contributed by atoms with Gasteiger partial charge in [-0.2, -0.15) is 0 Å². The fourth-order valence-electron chi connectivity index (χ4n) is 2.97. The van der Waals surface area contributed by atoms with Gasteiger partial charge in [0.15, 0.2) is 12.0 Å². The predicted octanol–water partition coefficient (Wildman–Crippen LogP) is 3.22. The van der Waals surface area contributed by atoms with Crippen LogP contribution in [0, 0.1) is 5.92 Å². The normalized spacial score (nSPS) is 16.2. The van der Waals surface area contributed by atoms with E-state index < -0.39 is 10.0 Å². The molecular weight excluding hydrogens is 302 g/mol. The Morgan fingerprint density at radius 1 is 1.27 bits per heavy atom. The van der Waals surface area contributed by atoms with Crippen LogP contribution >= 0.6 is 0 Å². The first-order valence-corrected chi connectivity index (χ1v) is 9.33. The lowest BCUT2D eigenvalue weighted by Crippen LogP contribution is -2.20. The van der Waals surface area contributed by atoms with Gasteiger partial charge in [-0.3, -0.25) is 9.52 Å². The molecule has 0 unspecified atom stereocenters. The van der Waals surface area contributed by atoms with Crippen molar-refractivity contribution < 1.29 is 17.9 Å². The van der Waals surface area contributed by atoms with Gasteiger partial charge in [0, 0.05) is 0 Å². The number of hydrogen-bond acceptors (Lipinski definition) is 4. The molecule has 1 N–H and O–H groups in total. The fraction of sp³-hybridized carbons (Fsp3) is 0.562. The standard InChI is InChI=1S/C16H23NO4S/c1-21-16-14(12-18)8-5-9-15(16)17-22(19,20)11-10-13-6-3-2-4-7-13/h5,8-9,12-13,17H,2-4,6-7,10-11H2,1H3. The molecule has 1 fully saturated rings. The first kappa shape index (κ1) is 16.8. The molecule has 0 spiro atoms. The molecule has 5 nitrogen and oxygen atoms in total. The summed E-state index contributed by atoms with van der Waals surface area (Å²) in [5.41, 5.74) is 0.644. The van der Waals surface area contributed by atoms with Gasteiger partial charge in [0.1, 0.15) is 0 Å². The maximum atomic E-state index is 12.3. The van der Waals surface area contributed by atoms with Crippen LogP contribution in [-0.2, 0) is 10.0 Å². The molecule has 0 bridgehead atoms. The Kier molecular flexibility index (Phi) is 5.83. The van der Waals surface area contributed by atoms with Gasteiger partial charge in [-0.1, -0.05) is 38.2 Å². The summed E-state index contributed by atoms with van der Waals surface area (Å²) in [6.45, 7) is 0. The van der Waals surface area contributed by atoms with E-state index in [1.807, 2.05) is 0 Å². The second-order valence-electron chi connectivity index (χ2n) is 5.76. The molecule has 0 aliphatic heterocycles. The van der Waals surface area contributed by atoms with Gasteiger partial charge in [0.25, 0.3) is 0 Å². The number of nitrogens with one attached hydrogen (secondary N) is 1. The summed E-state index contributed by atoms with van der Waals surface area (Å²) in [5.74, 6) is 0.874. The first-order valence-electron chi connectivity index (χ1n) is 7.68. The lowest BCUT2D eigenvalue weighted by atomic mass is 9.88. The van der Waals surface area contributed by atoms with Gasteiger partial charge in [0.05, 0.1) is 24.1 Å². The quantitative estimate of drug-likeness (QED) is 0.781. The van der Waals surface area contributed by atoms with E-state index in [1.54, 1.807) is 18.2 Å². The Balaban J connectivity index is 2.03. The highest BCUT2D eigenvalue weighted by molar-refractivity contribution is 7.92. The molecule has 0 heterocycles. The Labute approximate surface area is 132 Å². The number of carbonyl (C=O) groups excluding carboxylic acids is 1. The van der Waals surface area contributed by atoms with E-state index >= 15 is 0 Å². The van der Waals surface area contributed by atoms with E-state index in [9.17, 15) is 13.2 Å². The average Bonchev–Trinajstić information content (AvgIpc) is 2.53. The van der Waals surface area contributed by atoms with E-state index in [1.165, 1.54) is 26.4 Å². The molecule has 2 rings (SSSR count). The zero-order valence-electron chi connectivity index (χ0n) is 12.9. The second kappa shape index (κ2) is 7.63. The molecule has 0 amide bonds. The van der Waals surface area contributed by atoms with Crippen molar-refractivity contribution >= 4 is 22.0 Å². The van der Waals surface area contributed by atoms with Crippen molar-refractivity contribution in [2.45, 2.75) is 38.5 Å². The van der Waals surface area contributed by atoms with Crippen molar-refractivity contribution in [3.8, 4) is 5.75 Å². The average molecular weight is 325 g/mol. The zero-order chi connectivity index (χ0) is 16.0. The van der Waals surface area contributed by atoms with Crippen LogP contribution in [0.2, 0.25) is 0 Å². The number of carbonyl (C=O) groups is 1. The highest BCUT2D eigenvalue weighted by atomic mass is 32.2. The van der Waals surface area contributed by atoms with Gasteiger partial charge < -0.3 is 4.74 Å². The minimum absolute atomic E-state index is 0.103. The molecule has 6 heteroatoms. The van der Waals surface area contributed by atoms with Crippen LogP contribution in [0.4, 0.5) is 5.69 Å². The van der Waals surface area contributed by atoms with Crippen molar-refractivity contribution in [2.24, 2.45) is 5.92 Å². The van der Waals surface area contributed by atoms with Crippen LogP contribution in [0.25, 0.3) is 0 Å².